The van der Waals surface area contributed by atoms with Gasteiger partial charge in [-0.2, -0.15) is 0 Å². The number of thiophene rings is 1. The van der Waals surface area contributed by atoms with E-state index in [1.165, 1.54) is 40.7 Å². The minimum Gasteiger partial charge on any atom is -0.467 e. The monoisotopic (exact) mass is 483 g/mol. The lowest BCUT2D eigenvalue weighted by molar-refractivity contribution is -0.127. The van der Waals surface area contributed by atoms with Crippen molar-refractivity contribution < 1.29 is 23.2 Å². The van der Waals surface area contributed by atoms with E-state index in [4.69, 9.17) is 4.42 Å². The first-order valence-electron chi connectivity index (χ1n) is 11.3. The molecule has 34 heavy (non-hydrogen) atoms. The molecule has 9 heteroatoms. The average molecular weight is 484 g/mol. The van der Waals surface area contributed by atoms with E-state index >= 15 is 0 Å². The molecule has 2 aromatic heterocycles. The van der Waals surface area contributed by atoms with Crippen molar-refractivity contribution in [2.45, 2.75) is 44.2 Å². The first-order valence-corrected chi connectivity index (χ1v) is 12.1. The molecule has 0 aliphatic heterocycles. The largest absolute Gasteiger partial charge is 0.467 e. The maximum absolute atomic E-state index is 14.1. The summed E-state index contributed by atoms with van der Waals surface area (Å²) in [5.41, 5.74) is 0.190. The molecule has 7 nitrogen and oxygen atoms in total. The minimum absolute atomic E-state index is 0.00158. The Bertz CT molecular complexity index is 1110. The van der Waals surface area contributed by atoms with Crippen molar-refractivity contribution in [2.75, 3.05) is 11.4 Å². The third-order valence-electron chi connectivity index (χ3n) is 5.77. The number of rotatable bonds is 8. The Morgan fingerprint density at radius 1 is 1.09 bits per heavy atom. The number of nitrogens with zero attached hydrogens (tertiary/aromatic N) is 1. The molecule has 0 bridgehead atoms. The Labute approximate surface area is 200 Å². The van der Waals surface area contributed by atoms with Crippen molar-refractivity contribution in [1.29, 1.82) is 0 Å². The number of benzene rings is 1. The zero-order valence-corrected chi connectivity index (χ0v) is 19.4. The summed E-state index contributed by atoms with van der Waals surface area (Å²) in [4.78, 5) is 41.0. The summed E-state index contributed by atoms with van der Waals surface area (Å²) in [5.74, 6) is -1.69. The van der Waals surface area contributed by atoms with Crippen molar-refractivity contribution in [1.82, 2.24) is 10.6 Å². The summed E-state index contributed by atoms with van der Waals surface area (Å²) in [7, 11) is 0. The van der Waals surface area contributed by atoms with Crippen LogP contribution >= 0.6 is 11.3 Å². The molecule has 2 heterocycles. The maximum atomic E-state index is 14.1. The second-order valence-electron chi connectivity index (χ2n) is 8.17. The van der Waals surface area contributed by atoms with Gasteiger partial charge in [0.2, 0.25) is 5.91 Å². The molecule has 3 amide bonds. The number of carbonyl (C=O) groups is 3. The van der Waals surface area contributed by atoms with E-state index < -0.39 is 29.6 Å². The van der Waals surface area contributed by atoms with Crippen molar-refractivity contribution in [3.63, 3.8) is 0 Å². The molecule has 0 saturated heterocycles. The van der Waals surface area contributed by atoms with E-state index in [1.54, 1.807) is 35.7 Å². The van der Waals surface area contributed by atoms with Gasteiger partial charge >= 0.3 is 0 Å². The smallest absolute Gasteiger partial charge is 0.261 e. The Balaban J connectivity index is 1.63. The number of carbonyl (C=O) groups excluding carboxylic acids is 3. The van der Waals surface area contributed by atoms with Crippen LogP contribution in [0.5, 0.6) is 0 Å². The first-order chi connectivity index (χ1) is 16.5. The molecular formula is C25H26FN3O4S. The highest BCUT2D eigenvalue weighted by molar-refractivity contribution is 7.12. The summed E-state index contributed by atoms with van der Waals surface area (Å²) < 4.78 is 19.7. The number of halogens is 1. The van der Waals surface area contributed by atoms with Crippen LogP contribution in [0, 0.1) is 5.82 Å². The van der Waals surface area contributed by atoms with E-state index in [2.05, 4.69) is 10.6 Å². The molecule has 3 aromatic rings. The quantitative estimate of drug-likeness (QED) is 0.496. The van der Waals surface area contributed by atoms with Crippen LogP contribution in [-0.4, -0.2) is 30.3 Å². The molecular weight excluding hydrogens is 457 g/mol. The third-order valence-corrected chi connectivity index (χ3v) is 6.64. The van der Waals surface area contributed by atoms with Crippen LogP contribution in [0.2, 0.25) is 0 Å². The van der Waals surface area contributed by atoms with Gasteiger partial charge in [-0.3, -0.25) is 19.3 Å². The highest BCUT2D eigenvalue weighted by atomic mass is 32.1. The topological polar surface area (TPSA) is 91.7 Å². The van der Waals surface area contributed by atoms with Crippen molar-refractivity contribution >= 4 is 34.7 Å². The van der Waals surface area contributed by atoms with Gasteiger partial charge in [0.25, 0.3) is 11.8 Å². The van der Waals surface area contributed by atoms with Crippen molar-refractivity contribution in [3.8, 4) is 0 Å². The molecule has 1 aliphatic carbocycles. The summed E-state index contributed by atoms with van der Waals surface area (Å²) in [5, 5.41) is 7.40. The number of furan rings is 1. The molecule has 1 aliphatic rings. The number of amides is 3. The predicted octanol–water partition coefficient (Wildman–Crippen LogP) is 4.43. The predicted molar refractivity (Wildman–Crippen MR) is 127 cm³/mol. The summed E-state index contributed by atoms with van der Waals surface area (Å²) in [6.45, 7) is -0.374. The average Bonchev–Trinajstić information content (AvgIpc) is 3.56. The lowest BCUT2D eigenvalue weighted by atomic mass is 9.95. The molecule has 0 radical (unpaired) electrons. The molecule has 1 fully saturated rings. The Morgan fingerprint density at radius 2 is 1.91 bits per heavy atom. The molecule has 2 N–H and O–H groups in total. The van der Waals surface area contributed by atoms with Gasteiger partial charge in [-0.1, -0.05) is 31.4 Å². The minimum atomic E-state index is -1.16. The van der Waals surface area contributed by atoms with Gasteiger partial charge in [-0.15, -0.1) is 11.3 Å². The van der Waals surface area contributed by atoms with Crippen LogP contribution in [0.4, 0.5) is 10.1 Å². The van der Waals surface area contributed by atoms with Gasteiger partial charge in [-0.25, -0.2) is 4.39 Å². The van der Waals surface area contributed by atoms with Gasteiger partial charge in [0.15, 0.2) is 6.04 Å². The number of nitrogens with one attached hydrogen (secondary N) is 2. The van der Waals surface area contributed by atoms with E-state index in [-0.39, 0.29) is 24.0 Å². The normalized spacial score (nSPS) is 14.9. The second-order valence-corrected chi connectivity index (χ2v) is 9.11. The molecule has 1 atom stereocenters. The van der Waals surface area contributed by atoms with Crippen LogP contribution in [-0.2, 0) is 9.59 Å². The molecule has 1 aromatic carbocycles. The number of hydrogen-bond acceptors (Lipinski definition) is 5. The standard InChI is InChI=1S/C25H26FN3O4S/c26-17-7-4-10-19(15-17)29(22(30)16-27-24(31)21-12-6-14-34-21)23(20-11-5-13-33-20)25(32)28-18-8-2-1-3-9-18/h4-7,10-15,18,23H,1-3,8-9,16H2,(H,27,31)(H,28,32)/t23-/m0/s1. The van der Waals surface area contributed by atoms with Gasteiger partial charge in [0.05, 0.1) is 17.7 Å². The van der Waals surface area contributed by atoms with Crippen molar-refractivity contribution in [2.24, 2.45) is 0 Å². The highest BCUT2D eigenvalue weighted by Crippen LogP contribution is 2.30. The Morgan fingerprint density at radius 3 is 2.59 bits per heavy atom. The fourth-order valence-corrected chi connectivity index (χ4v) is 4.79. The fraction of sp³-hybridized carbons (Fsp3) is 0.320. The van der Waals surface area contributed by atoms with Crippen LogP contribution in [0.25, 0.3) is 0 Å². The lowest BCUT2D eigenvalue weighted by Crippen LogP contribution is -2.49. The molecule has 0 spiro atoms. The van der Waals surface area contributed by atoms with E-state index in [0.717, 1.165) is 32.1 Å². The van der Waals surface area contributed by atoms with E-state index in [9.17, 15) is 18.8 Å². The second kappa shape index (κ2) is 11.1. The lowest BCUT2D eigenvalue weighted by Gasteiger charge is -2.32. The molecule has 0 unspecified atom stereocenters. The molecule has 1 saturated carbocycles. The molecule has 4 rings (SSSR count). The third kappa shape index (κ3) is 5.72. The zero-order valence-electron chi connectivity index (χ0n) is 18.5. The van der Waals surface area contributed by atoms with Gasteiger partial charge < -0.3 is 15.1 Å². The van der Waals surface area contributed by atoms with Gasteiger partial charge in [-0.05, 0) is 54.6 Å². The van der Waals surface area contributed by atoms with Crippen LogP contribution in [0.3, 0.4) is 0 Å². The van der Waals surface area contributed by atoms with Gasteiger partial charge in [0.1, 0.15) is 11.6 Å². The van der Waals surface area contributed by atoms with Gasteiger partial charge in [0, 0.05) is 11.7 Å². The highest BCUT2D eigenvalue weighted by Gasteiger charge is 2.36. The number of hydrogen-bond donors (Lipinski definition) is 2. The summed E-state index contributed by atoms with van der Waals surface area (Å²) in [6, 6.07) is 10.9. The molecule has 178 valence electrons. The summed E-state index contributed by atoms with van der Waals surface area (Å²) >= 11 is 1.25. The van der Waals surface area contributed by atoms with Crippen molar-refractivity contribution in [3.05, 3.63) is 76.6 Å². The van der Waals surface area contributed by atoms with Crippen LogP contribution in [0.1, 0.15) is 53.6 Å². The first kappa shape index (κ1) is 23.7. The van der Waals surface area contributed by atoms with E-state index in [1.807, 2.05) is 0 Å². The SMILES string of the molecule is O=C(NCC(=O)N(c1cccc(F)c1)[C@H](C(=O)NC1CCCCC1)c1ccco1)c1cccs1. The number of anilines is 1. The maximum Gasteiger partial charge on any atom is 0.261 e. The van der Waals surface area contributed by atoms with Crippen LogP contribution in [0.15, 0.2) is 64.6 Å². The Kier molecular flexibility index (Phi) is 7.74. The van der Waals surface area contributed by atoms with E-state index in [0.29, 0.717) is 4.88 Å². The zero-order chi connectivity index (χ0) is 23.9. The summed E-state index contributed by atoms with van der Waals surface area (Å²) in [6.07, 6.45) is 6.33. The van der Waals surface area contributed by atoms with Crippen LogP contribution < -0.4 is 15.5 Å². The fourth-order valence-electron chi connectivity index (χ4n) is 4.15. The Hall–Kier alpha value is -3.46.